The van der Waals surface area contributed by atoms with E-state index in [9.17, 15) is 5.11 Å². The molecule has 0 spiro atoms. The van der Waals surface area contributed by atoms with Gasteiger partial charge in [0.05, 0.1) is 12.2 Å². The van der Waals surface area contributed by atoms with Crippen molar-refractivity contribution in [2.75, 3.05) is 13.1 Å². The Morgan fingerprint density at radius 1 is 1.33 bits per heavy atom. The van der Waals surface area contributed by atoms with Crippen LogP contribution in [-0.2, 0) is 18.6 Å². The molecule has 0 bridgehead atoms. The van der Waals surface area contributed by atoms with Crippen molar-refractivity contribution < 1.29 is 14.0 Å². The van der Waals surface area contributed by atoms with Gasteiger partial charge in [-0.1, -0.05) is 12.1 Å². The molecule has 2 aromatic heterocycles. The molecule has 3 N–H and O–H groups in total. The highest BCUT2D eigenvalue weighted by atomic mass is 16.5. The van der Waals surface area contributed by atoms with Crippen LogP contribution in [0.3, 0.4) is 0 Å². The van der Waals surface area contributed by atoms with Gasteiger partial charge in [0.15, 0.2) is 11.7 Å². The van der Waals surface area contributed by atoms with Gasteiger partial charge in [0.2, 0.25) is 0 Å². The Hall–Kier alpha value is -2.28. The van der Waals surface area contributed by atoms with Gasteiger partial charge < -0.3 is 24.7 Å². The lowest BCUT2D eigenvalue weighted by atomic mass is 10.0. The number of guanidine groups is 1. The molecule has 0 aliphatic carbocycles. The standard InChI is InChI=1S/C17H26N4O3/c1-5-13-9-14(24-21-13)10-19-16(18-6-2)20-11-17(4,22)15-8-7-12(3)23-15/h7-9,22H,5-6,10-11H2,1-4H3,(H2,18,19,20). The Labute approximate surface area is 142 Å². The second-order valence-electron chi connectivity index (χ2n) is 5.87. The average Bonchev–Trinajstić information content (AvgIpc) is 3.19. The lowest BCUT2D eigenvalue weighted by molar-refractivity contribution is 0.0378. The van der Waals surface area contributed by atoms with Crippen molar-refractivity contribution in [2.45, 2.75) is 46.3 Å². The third-order valence-electron chi connectivity index (χ3n) is 3.58. The van der Waals surface area contributed by atoms with Gasteiger partial charge in [0.25, 0.3) is 0 Å². The maximum absolute atomic E-state index is 10.6. The van der Waals surface area contributed by atoms with Crippen LogP contribution in [0.2, 0.25) is 0 Å². The van der Waals surface area contributed by atoms with E-state index in [1.165, 1.54) is 0 Å². The van der Waals surface area contributed by atoms with Gasteiger partial charge in [-0.05, 0) is 39.3 Å². The van der Waals surface area contributed by atoms with E-state index in [1.807, 2.05) is 32.9 Å². The number of aromatic nitrogens is 1. The molecule has 7 nitrogen and oxygen atoms in total. The third kappa shape index (κ3) is 4.86. The zero-order chi connectivity index (χ0) is 17.6. The highest BCUT2D eigenvalue weighted by molar-refractivity contribution is 5.79. The highest BCUT2D eigenvalue weighted by Gasteiger charge is 2.27. The van der Waals surface area contributed by atoms with E-state index in [4.69, 9.17) is 8.94 Å². The Kier molecular flexibility index (Phi) is 6.03. The van der Waals surface area contributed by atoms with Crippen LogP contribution in [0, 0.1) is 6.92 Å². The lowest BCUT2D eigenvalue weighted by Crippen LogP contribution is -2.44. The number of rotatable bonds is 7. The first kappa shape index (κ1) is 18.1. The summed E-state index contributed by atoms with van der Waals surface area (Å²) < 4.78 is 10.7. The minimum absolute atomic E-state index is 0.266. The minimum atomic E-state index is -1.13. The van der Waals surface area contributed by atoms with E-state index in [0.29, 0.717) is 30.6 Å². The molecule has 2 heterocycles. The van der Waals surface area contributed by atoms with Crippen molar-refractivity contribution in [3.8, 4) is 0 Å². The monoisotopic (exact) mass is 334 g/mol. The summed E-state index contributed by atoms with van der Waals surface area (Å²) in [5, 5.41) is 20.8. The Morgan fingerprint density at radius 3 is 2.71 bits per heavy atom. The number of hydrogen-bond acceptors (Lipinski definition) is 5. The SMILES string of the molecule is CCNC(=NCc1cc(CC)no1)NCC(C)(O)c1ccc(C)o1. The Morgan fingerprint density at radius 2 is 2.12 bits per heavy atom. The van der Waals surface area contributed by atoms with E-state index >= 15 is 0 Å². The molecule has 2 rings (SSSR count). The zero-order valence-corrected chi connectivity index (χ0v) is 14.7. The Balaban J connectivity index is 1.98. The van der Waals surface area contributed by atoms with Crippen LogP contribution < -0.4 is 10.6 Å². The summed E-state index contributed by atoms with van der Waals surface area (Å²) in [6, 6.07) is 5.51. The molecule has 0 radical (unpaired) electrons. The maximum atomic E-state index is 10.6. The molecule has 0 amide bonds. The quantitative estimate of drug-likeness (QED) is 0.530. The normalized spacial score (nSPS) is 14.5. The first-order valence-electron chi connectivity index (χ1n) is 8.20. The fourth-order valence-corrected chi connectivity index (χ4v) is 2.16. The summed E-state index contributed by atoms with van der Waals surface area (Å²) in [6.07, 6.45) is 0.830. The number of nitrogens with zero attached hydrogens (tertiary/aromatic N) is 2. The van der Waals surface area contributed by atoms with Gasteiger partial charge in [0.1, 0.15) is 23.7 Å². The maximum Gasteiger partial charge on any atom is 0.191 e. The molecule has 0 aromatic carbocycles. The van der Waals surface area contributed by atoms with E-state index in [2.05, 4.69) is 20.8 Å². The third-order valence-corrected chi connectivity index (χ3v) is 3.58. The van der Waals surface area contributed by atoms with Crippen molar-refractivity contribution in [3.63, 3.8) is 0 Å². The van der Waals surface area contributed by atoms with E-state index in [-0.39, 0.29) is 6.54 Å². The number of furan rings is 1. The van der Waals surface area contributed by atoms with Crippen molar-refractivity contribution >= 4 is 5.96 Å². The predicted molar refractivity (Wildman–Crippen MR) is 91.7 cm³/mol. The van der Waals surface area contributed by atoms with Crippen molar-refractivity contribution in [3.05, 3.63) is 41.2 Å². The van der Waals surface area contributed by atoms with Crippen LogP contribution in [0.4, 0.5) is 0 Å². The predicted octanol–water partition coefficient (Wildman–Crippen LogP) is 2.10. The summed E-state index contributed by atoms with van der Waals surface area (Å²) in [7, 11) is 0. The van der Waals surface area contributed by atoms with Crippen LogP contribution in [-0.4, -0.2) is 29.3 Å². The van der Waals surface area contributed by atoms with Crippen LogP contribution in [0.15, 0.2) is 32.1 Å². The zero-order valence-electron chi connectivity index (χ0n) is 14.7. The smallest absolute Gasteiger partial charge is 0.191 e. The first-order valence-corrected chi connectivity index (χ1v) is 8.20. The van der Waals surface area contributed by atoms with Gasteiger partial charge in [-0.3, -0.25) is 0 Å². The molecular formula is C17H26N4O3. The second kappa shape index (κ2) is 8.01. The number of aryl methyl sites for hydroxylation is 2. The van der Waals surface area contributed by atoms with Crippen molar-refractivity contribution in [1.82, 2.24) is 15.8 Å². The van der Waals surface area contributed by atoms with E-state index in [1.54, 1.807) is 13.0 Å². The first-order chi connectivity index (χ1) is 11.4. The lowest BCUT2D eigenvalue weighted by Gasteiger charge is -2.22. The summed E-state index contributed by atoms with van der Waals surface area (Å²) in [5.74, 6) is 2.59. The Bertz CT molecular complexity index is 673. The van der Waals surface area contributed by atoms with Gasteiger partial charge >= 0.3 is 0 Å². The van der Waals surface area contributed by atoms with E-state index < -0.39 is 5.60 Å². The minimum Gasteiger partial charge on any atom is -0.463 e. The summed E-state index contributed by atoms with van der Waals surface area (Å²) in [6.45, 7) is 8.91. The number of aliphatic imine (C=N–C) groups is 1. The van der Waals surface area contributed by atoms with Gasteiger partial charge in [-0.15, -0.1) is 0 Å². The fourth-order valence-electron chi connectivity index (χ4n) is 2.16. The highest BCUT2D eigenvalue weighted by Crippen LogP contribution is 2.21. The average molecular weight is 334 g/mol. The van der Waals surface area contributed by atoms with Crippen molar-refractivity contribution in [1.29, 1.82) is 0 Å². The second-order valence-corrected chi connectivity index (χ2v) is 5.87. The molecule has 7 heteroatoms. The van der Waals surface area contributed by atoms with Crippen LogP contribution in [0.1, 0.15) is 43.7 Å². The molecule has 0 aliphatic rings. The number of hydrogen-bond donors (Lipinski definition) is 3. The number of nitrogens with one attached hydrogen (secondary N) is 2. The summed E-state index contributed by atoms with van der Waals surface area (Å²) in [4.78, 5) is 4.45. The van der Waals surface area contributed by atoms with Crippen LogP contribution >= 0.6 is 0 Å². The molecule has 0 fully saturated rings. The fraction of sp³-hybridized carbons (Fsp3) is 0.529. The van der Waals surface area contributed by atoms with Gasteiger partial charge in [-0.2, -0.15) is 0 Å². The molecule has 0 aliphatic heterocycles. The summed E-state index contributed by atoms with van der Waals surface area (Å²) >= 11 is 0. The van der Waals surface area contributed by atoms with Crippen LogP contribution in [0.25, 0.3) is 0 Å². The molecule has 2 aromatic rings. The van der Waals surface area contributed by atoms with Gasteiger partial charge in [-0.25, -0.2) is 4.99 Å². The molecule has 1 atom stereocenters. The van der Waals surface area contributed by atoms with Gasteiger partial charge in [0, 0.05) is 12.6 Å². The molecule has 132 valence electrons. The molecule has 0 saturated carbocycles. The molecule has 0 saturated heterocycles. The molecule has 24 heavy (non-hydrogen) atoms. The topological polar surface area (TPSA) is 95.8 Å². The number of aliphatic hydroxyl groups is 1. The molecular weight excluding hydrogens is 308 g/mol. The molecule has 1 unspecified atom stereocenters. The van der Waals surface area contributed by atoms with E-state index in [0.717, 1.165) is 17.9 Å². The largest absolute Gasteiger partial charge is 0.463 e. The van der Waals surface area contributed by atoms with Crippen LogP contribution in [0.5, 0.6) is 0 Å². The summed E-state index contributed by atoms with van der Waals surface area (Å²) in [5.41, 5.74) is -0.221. The van der Waals surface area contributed by atoms with Crippen molar-refractivity contribution in [2.24, 2.45) is 4.99 Å².